The Hall–Kier alpha value is -1.19. The SMILES string of the molecule is CC(C)c1cc(Br)ccc1OCc1cc(Cl)ccc1N. The molecule has 0 saturated heterocycles. The zero-order valence-corrected chi connectivity index (χ0v) is 13.8. The van der Waals surface area contributed by atoms with E-state index in [-0.39, 0.29) is 0 Å². The zero-order valence-electron chi connectivity index (χ0n) is 11.5. The highest BCUT2D eigenvalue weighted by Gasteiger charge is 2.09. The maximum atomic E-state index is 5.98. The number of ether oxygens (including phenoxy) is 1. The number of hydrogen-bond donors (Lipinski definition) is 1. The van der Waals surface area contributed by atoms with E-state index in [2.05, 4.69) is 35.8 Å². The van der Waals surface area contributed by atoms with Crippen molar-refractivity contribution in [3.63, 3.8) is 0 Å². The fourth-order valence-electron chi connectivity index (χ4n) is 1.96. The summed E-state index contributed by atoms with van der Waals surface area (Å²) in [6, 6.07) is 11.4. The van der Waals surface area contributed by atoms with Gasteiger partial charge in [0.05, 0.1) is 0 Å². The molecule has 0 saturated carbocycles. The maximum Gasteiger partial charge on any atom is 0.123 e. The molecule has 0 unspecified atom stereocenters. The number of nitrogen functional groups attached to an aromatic ring is 1. The molecule has 0 aliphatic heterocycles. The van der Waals surface area contributed by atoms with Crippen molar-refractivity contribution in [2.24, 2.45) is 0 Å². The van der Waals surface area contributed by atoms with Gasteiger partial charge in [0.2, 0.25) is 0 Å². The molecule has 0 heterocycles. The number of nitrogens with two attached hydrogens (primary N) is 1. The van der Waals surface area contributed by atoms with Gasteiger partial charge in [0.25, 0.3) is 0 Å². The lowest BCUT2D eigenvalue weighted by Gasteiger charge is -2.15. The molecule has 0 fully saturated rings. The first-order chi connectivity index (χ1) is 9.47. The first-order valence-electron chi connectivity index (χ1n) is 6.43. The number of halogens is 2. The van der Waals surface area contributed by atoms with E-state index < -0.39 is 0 Å². The summed E-state index contributed by atoms with van der Waals surface area (Å²) in [6.45, 7) is 4.69. The molecule has 106 valence electrons. The lowest BCUT2D eigenvalue weighted by molar-refractivity contribution is 0.302. The van der Waals surface area contributed by atoms with Crippen molar-refractivity contribution >= 4 is 33.2 Å². The van der Waals surface area contributed by atoms with Crippen LogP contribution in [0.5, 0.6) is 5.75 Å². The highest BCUT2D eigenvalue weighted by Crippen LogP contribution is 2.30. The van der Waals surface area contributed by atoms with Crippen molar-refractivity contribution in [2.75, 3.05) is 5.73 Å². The third-order valence-electron chi connectivity index (χ3n) is 3.08. The molecule has 2 N–H and O–H groups in total. The third-order valence-corrected chi connectivity index (χ3v) is 3.81. The number of benzene rings is 2. The molecule has 0 atom stereocenters. The molecule has 0 aliphatic carbocycles. The second kappa shape index (κ2) is 6.51. The van der Waals surface area contributed by atoms with Crippen LogP contribution in [0.1, 0.15) is 30.9 Å². The van der Waals surface area contributed by atoms with Crippen molar-refractivity contribution in [1.29, 1.82) is 0 Å². The second-order valence-electron chi connectivity index (χ2n) is 4.97. The van der Waals surface area contributed by atoms with Gasteiger partial charge in [-0.15, -0.1) is 0 Å². The molecule has 0 aromatic heterocycles. The predicted molar refractivity (Wildman–Crippen MR) is 88.4 cm³/mol. The third kappa shape index (κ3) is 3.68. The van der Waals surface area contributed by atoms with E-state index in [1.807, 2.05) is 18.2 Å². The van der Waals surface area contributed by atoms with E-state index in [0.29, 0.717) is 23.2 Å². The van der Waals surface area contributed by atoms with Crippen LogP contribution in [0.15, 0.2) is 40.9 Å². The Kier molecular flexibility index (Phi) is 4.95. The van der Waals surface area contributed by atoms with Crippen molar-refractivity contribution in [3.8, 4) is 5.75 Å². The molecule has 4 heteroatoms. The Bertz CT molecular complexity index is 613. The van der Waals surface area contributed by atoms with Crippen molar-refractivity contribution in [2.45, 2.75) is 26.4 Å². The lowest BCUT2D eigenvalue weighted by atomic mass is 10.0. The summed E-state index contributed by atoms with van der Waals surface area (Å²) in [5.74, 6) is 1.27. The normalized spacial score (nSPS) is 10.8. The first-order valence-corrected chi connectivity index (χ1v) is 7.60. The van der Waals surface area contributed by atoms with Crippen LogP contribution < -0.4 is 10.5 Å². The van der Waals surface area contributed by atoms with E-state index in [1.165, 1.54) is 5.56 Å². The molecule has 2 rings (SSSR count). The van der Waals surface area contributed by atoms with Crippen LogP contribution in [0.3, 0.4) is 0 Å². The van der Waals surface area contributed by atoms with Crippen LogP contribution in [0.4, 0.5) is 5.69 Å². The number of hydrogen-bond acceptors (Lipinski definition) is 2. The minimum Gasteiger partial charge on any atom is -0.489 e. The molecule has 2 aromatic carbocycles. The summed E-state index contributed by atoms with van der Waals surface area (Å²) in [5, 5.41) is 0.665. The summed E-state index contributed by atoms with van der Waals surface area (Å²) < 4.78 is 6.97. The molecule has 0 aliphatic rings. The Morgan fingerprint density at radius 2 is 1.95 bits per heavy atom. The largest absolute Gasteiger partial charge is 0.489 e. The Labute approximate surface area is 133 Å². The quantitative estimate of drug-likeness (QED) is 0.747. The van der Waals surface area contributed by atoms with Gasteiger partial charge in [-0.3, -0.25) is 0 Å². The minimum atomic E-state index is 0.388. The highest BCUT2D eigenvalue weighted by atomic mass is 79.9. The van der Waals surface area contributed by atoms with Gasteiger partial charge >= 0.3 is 0 Å². The van der Waals surface area contributed by atoms with E-state index in [1.54, 1.807) is 12.1 Å². The second-order valence-corrected chi connectivity index (χ2v) is 6.32. The molecule has 0 bridgehead atoms. The molecule has 20 heavy (non-hydrogen) atoms. The first kappa shape index (κ1) is 15.2. The summed E-state index contributed by atoms with van der Waals surface area (Å²) in [5.41, 5.74) is 8.69. The van der Waals surface area contributed by atoms with Gasteiger partial charge in [0.15, 0.2) is 0 Å². The van der Waals surface area contributed by atoms with E-state index in [9.17, 15) is 0 Å². The molecule has 0 radical (unpaired) electrons. The van der Waals surface area contributed by atoms with Crippen LogP contribution in [0.25, 0.3) is 0 Å². The molecular weight excluding hydrogens is 338 g/mol. The van der Waals surface area contributed by atoms with Crippen LogP contribution >= 0.6 is 27.5 Å². The molecular formula is C16H17BrClNO. The fourth-order valence-corrected chi connectivity index (χ4v) is 2.53. The Morgan fingerprint density at radius 1 is 1.20 bits per heavy atom. The average Bonchev–Trinajstić information content (AvgIpc) is 2.40. The summed E-state index contributed by atoms with van der Waals surface area (Å²) in [7, 11) is 0. The zero-order chi connectivity index (χ0) is 14.7. The van der Waals surface area contributed by atoms with Crippen LogP contribution in [-0.2, 0) is 6.61 Å². The topological polar surface area (TPSA) is 35.2 Å². The van der Waals surface area contributed by atoms with E-state index in [0.717, 1.165) is 15.8 Å². The average molecular weight is 355 g/mol. The smallest absolute Gasteiger partial charge is 0.123 e. The van der Waals surface area contributed by atoms with Crippen molar-refractivity contribution < 1.29 is 4.74 Å². The van der Waals surface area contributed by atoms with Gasteiger partial charge in [0, 0.05) is 20.7 Å². The Balaban J connectivity index is 2.20. The van der Waals surface area contributed by atoms with Crippen LogP contribution in [0, 0.1) is 0 Å². The van der Waals surface area contributed by atoms with Crippen molar-refractivity contribution in [1.82, 2.24) is 0 Å². The molecule has 0 amide bonds. The van der Waals surface area contributed by atoms with Gasteiger partial charge < -0.3 is 10.5 Å². The number of rotatable bonds is 4. The van der Waals surface area contributed by atoms with Gasteiger partial charge in [-0.2, -0.15) is 0 Å². The molecule has 2 nitrogen and oxygen atoms in total. The van der Waals surface area contributed by atoms with Crippen molar-refractivity contribution in [3.05, 3.63) is 57.0 Å². The summed E-state index contributed by atoms with van der Waals surface area (Å²) in [6.07, 6.45) is 0. The van der Waals surface area contributed by atoms with Gasteiger partial charge in [-0.25, -0.2) is 0 Å². The molecule has 0 spiro atoms. The number of anilines is 1. The standard InChI is InChI=1S/C16H17BrClNO/c1-10(2)14-8-12(17)3-6-16(14)20-9-11-7-13(18)4-5-15(11)19/h3-8,10H,9,19H2,1-2H3. The van der Waals surface area contributed by atoms with E-state index in [4.69, 9.17) is 22.1 Å². The van der Waals surface area contributed by atoms with Gasteiger partial charge in [-0.1, -0.05) is 41.4 Å². The van der Waals surface area contributed by atoms with Gasteiger partial charge in [-0.05, 0) is 47.9 Å². The van der Waals surface area contributed by atoms with Gasteiger partial charge in [0.1, 0.15) is 12.4 Å². The maximum absolute atomic E-state index is 5.98. The highest BCUT2D eigenvalue weighted by molar-refractivity contribution is 9.10. The summed E-state index contributed by atoms with van der Waals surface area (Å²) >= 11 is 9.47. The summed E-state index contributed by atoms with van der Waals surface area (Å²) in [4.78, 5) is 0. The Morgan fingerprint density at radius 3 is 2.65 bits per heavy atom. The lowest BCUT2D eigenvalue weighted by Crippen LogP contribution is -2.02. The monoisotopic (exact) mass is 353 g/mol. The van der Waals surface area contributed by atoms with Crippen LogP contribution in [-0.4, -0.2) is 0 Å². The molecule has 2 aromatic rings. The van der Waals surface area contributed by atoms with Crippen LogP contribution in [0.2, 0.25) is 5.02 Å². The minimum absolute atomic E-state index is 0.388. The fraction of sp³-hybridized carbons (Fsp3) is 0.250. The van der Waals surface area contributed by atoms with E-state index >= 15 is 0 Å². The predicted octanol–water partition coefficient (Wildman–Crippen LogP) is 5.39.